The van der Waals surface area contributed by atoms with Gasteiger partial charge in [0, 0.05) is 48.5 Å². The van der Waals surface area contributed by atoms with Crippen LogP contribution in [0.5, 0.6) is 0 Å². The molecule has 2 N–H and O–H groups in total. The number of fused-ring (bicyclic) bond motifs is 1. The molecule has 0 aliphatic heterocycles. The molecule has 3 aromatic heterocycles. The third-order valence-corrected chi connectivity index (χ3v) is 7.10. The van der Waals surface area contributed by atoms with E-state index in [1.54, 1.807) is 30.6 Å². The summed E-state index contributed by atoms with van der Waals surface area (Å²) in [7, 11) is 1.91. The number of carbonyl (C=O) groups excluding carboxylic acids is 1. The third kappa shape index (κ3) is 5.97. The molecule has 0 radical (unpaired) electrons. The molecule has 4 aromatic rings. The Balaban J connectivity index is 1.51. The Morgan fingerprint density at radius 1 is 1.26 bits per heavy atom. The number of carbonyl (C=O) groups is 1. The highest BCUT2D eigenvalue weighted by Crippen LogP contribution is 2.26. The molecule has 35 heavy (non-hydrogen) atoms. The first kappa shape index (κ1) is 25.1. The Hall–Kier alpha value is -3.04. The van der Waals surface area contributed by atoms with Gasteiger partial charge in [0.15, 0.2) is 0 Å². The summed E-state index contributed by atoms with van der Waals surface area (Å²) < 4.78 is 1.94. The van der Waals surface area contributed by atoms with Crippen LogP contribution in [0.1, 0.15) is 39.5 Å². The molecule has 3 heterocycles. The number of rotatable bonds is 9. The van der Waals surface area contributed by atoms with Crippen molar-refractivity contribution >= 4 is 39.1 Å². The third-order valence-electron chi connectivity index (χ3n) is 5.69. The maximum atomic E-state index is 13.2. The van der Waals surface area contributed by atoms with Crippen molar-refractivity contribution in [3.8, 4) is 0 Å². The van der Waals surface area contributed by atoms with Gasteiger partial charge in [-0.15, -0.1) is 11.3 Å². The number of likely N-dealkylation sites (N-methyl/N-ethyl adjacent to an activating group) is 1. The molecule has 1 aromatic carbocycles. The number of aliphatic hydroxyl groups excluding tert-OH is 1. The highest BCUT2D eigenvalue weighted by molar-refractivity contribution is 7.18. The Morgan fingerprint density at radius 3 is 2.71 bits per heavy atom. The number of nitrogens with zero attached hydrogens (tertiary/aromatic N) is 3. The number of amides is 1. The summed E-state index contributed by atoms with van der Waals surface area (Å²) in [6.07, 6.45) is 2.59. The van der Waals surface area contributed by atoms with Crippen LogP contribution in [0.2, 0.25) is 5.02 Å². The smallest absolute Gasteiger partial charge is 0.257 e. The van der Waals surface area contributed by atoms with Crippen molar-refractivity contribution < 1.29 is 9.90 Å². The van der Waals surface area contributed by atoms with Crippen LogP contribution in [0.3, 0.4) is 0 Å². The van der Waals surface area contributed by atoms with Crippen molar-refractivity contribution in [2.75, 3.05) is 13.6 Å². The van der Waals surface area contributed by atoms with E-state index in [-0.39, 0.29) is 11.0 Å². The number of halogens is 1. The summed E-state index contributed by atoms with van der Waals surface area (Å²) >= 11 is 7.44. The lowest BCUT2D eigenvalue weighted by Gasteiger charge is -2.19. The maximum absolute atomic E-state index is 13.2. The lowest BCUT2D eigenvalue weighted by atomic mass is 10.1. The Labute approximate surface area is 212 Å². The minimum Gasteiger partial charge on any atom is -0.385 e. The molecule has 182 valence electrons. The van der Waals surface area contributed by atoms with Crippen molar-refractivity contribution in [3.63, 3.8) is 0 Å². The molecule has 0 aliphatic carbocycles. The van der Waals surface area contributed by atoms with Gasteiger partial charge in [-0.3, -0.25) is 19.5 Å². The van der Waals surface area contributed by atoms with Crippen LogP contribution in [-0.2, 0) is 19.6 Å². The molecular weight excluding hydrogens is 484 g/mol. The van der Waals surface area contributed by atoms with Gasteiger partial charge < -0.3 is 15.0 Å². The number of hydrogen-bond donors (Lipinski definition) is 2. The van der Waals surface area contributed by atoms with Crippen LogP contribution in [0.15, 0.2) is 65.7 Å². The summed E-state index contributed by atoms with van der Waals surface area (Å²) in [5, 5.41) is 14.5. The van der Waals surface area contributed by atoms with Crippen molar-refractivity contribution in [1.82, 2.24) is 19.8 Å². The summed E-state index contributed by atoms with van der Waals surface area (Å²) in [5.74, 6) is -0.405. The molecule has 9 heteroatoms. The number of thiophene rings is 1. The normalized spacial score (nSPS) is 12.3. The van der Waals surface area contributed by atoms with Crippen molar-refractivity contribution in [3.05, 3.63) is 97.9 Å². The van der Waals surface area contributed by atoms with Gasteiger partial charge in [0.1, 0.15) is 16.5 Å². The van der Waals surface area contributed by atoms with Crippen LogP contribution in [0, 0.1) is 0 Å². The summed E-state index contributed by atoms with van der Waals surface area (Å²) in [4.78, 5) is 34.1. The van der Waals surface area contributed by atoms with E-state index in [4.69, 9.17) is 11.6 Å². The van der Waals surface area contributed by atoms with E-state index in [0.29, 0.717) is 42.3 Å². The lowest BCUT2D eigenvalue weighted by Crippen LogP contribution is -2.29. The monoisotopic (exact) mass is 510 g/mol. The first-order chi connectivity index (χ1) is 16.9. The minimum absolute atomic E-state index is 0.122. The average molecular weight is 511 g/mol. The number of benzene rings is 1. The van der Waals surface area contributed by atoms with E-state index >= 15 is 0 Å². The van der Waals surface area contributed by atoms with Gasteiger partial charge in [-0.25, -0.2) is 0 Å². The molecule has 0 bridgehead atoms. The molecule has 0 fully saturated rings. The molecule has 1 unspecified atom stereocenters. The zero-order valence-corrected chi connectivity index (χ0v) is 21.1. The maximum Gasteiger partial charge on any atom is 0.257 e. The minimum atomic E-state index is -0.706. The Bertz CT molecular complexity index is 1370. The molecule has 1 atom stereocenters. The fourth-order valence-electron chi connectivity index (χ4n) is 3.87. The van der Waals surface area contributed by atoms with E-state index < -0.39 is 12.0 Å². The first-order valence-electron chi connectivity index (χ1n) is 11.3. The number of nitrogens with one attached hydrogen (secondary N) is 1. The lowest BCUT2D eigenvalue weighted by molar-refractivity contribution is 0.0949. The van der Waals surface area contributed by atoms with Gasteiger partial charge >= 0.3 is 0 Å². The molecule has 4 rings (SSSR count). The molecule has 0 saturated heterocycles. The zero-order chi connectivity index (χ0) is 24.9. The van der Waals surface area contributed by atoms with Crippen LogP contribution in [0.25, 0.3) is 10.2 Å². The van der Waals surface area contributed by atoms with Crippen LogP contribution >= 0.6 is 22.9 Å². The van der Waals surface area contributed by atoms with E-state index in [2.05, 4.69) is 10.3 Å². The van der Waals surface area contributed by atoms with Crippen LogP contribution < -0.4 is 10.7 Å². The summed E-state index contributed by atoms with van der Waals surface area (Å²) in [5.41, 5.74) is 1.36. The molecule has 0 aliphatic rings. The molecule has 1 amide bonds. The second kappa shape index (κ2) is 11.1. The first-order valence-corrected chi connectivity index (χ1v) is 12.5. The molecule has 0 spiro atoms. The fourth-order valence-corrected chi connectivity index (χ4v) is 5.27. The number of hydrogen-bond acceptors (Lipinski definition) is 6. The van der Waals surface area contributed by atoms with Gasteiger partial charge in [0.2, 0.25) is 5.43 Å². The molecular formula is C26H27ClN4O3S. The fraction of sp³-hybridized carbons (Fsp3) is 0.269. The van der Waals surface area contributed by atoms with Gasteiger partial charge in [0.25, 0.3) is 5.91 Å². The second-order valence-electron chi connectivity index (χ2n) is 8.37. The van der Waals surface area contributed by atoms with Crippen LogP contribution in [-0.4, -0.2) is 39.1 Å². The van der Waals surface area contributed by atoms with Crippen molar-refractivity contribution in [2.45, 2.75) is 32.7 Å². The highest BCUT2D eigenvalue weighted by atomic mass is 35.5. The topological polar surface area (TPSA) is 87.5 Å². The summed E-state index contributed by atoms with van der Waals surface area (Å²) in [6, 6.07) is 14.5. The quantitative estimate of drug-likeness (QED) is 0.352. The van der Waals surface area contributed by atoms with E-state index in [0.717, 1.165) is 15.3 Å². The largest absolute Gasteiger partial charge is 0.385 e. The number of aryl methyl sites for hydroxylation is 1. The average Bonchev–Trinajstić information content (AvgIpc) is 3.28. The predicted molar refractivity (Wildman–Crippen MR) is 140 cm³/mol. The van der Waals surface area contributed by atoms with Crippen LogP contribution in [0.4, 0.5) is 0 Å². The Kier molecular flexibility index (Phi) is 7.97. The van der Waals surface area contributed by atoms with Crippen molar-refractivity contribution in [1.29, 1.82) is 0 Å². The zero-order valence-electron chi connectivity index (χ0n) is 19.6. The SMILES string of the molecule is CCn1cc(C(=O)NCc2ccc(Cl)cc2)c(=O)c2cc(CN(C)CC(O)c3ccccn3)sc21. The molecule has 7 nitrogen and oxygen atoms in total. The van der Waals surface area contributed by atoms with E-state index in [9.17, 15) is 14.7 Å². The number of aliphatic hydroxyl groups is 1. The number of aromatic nitrogens is 2. The van der Waals surface area contributed by atoms with Gasteiger partial charge in [-0.05, 0) is 49.9 Å². The van der Waals surface area contributed by atoms with Crippen molar-refractivity contribution in [2.24, 2.45) is 0 Å². The van der Waals surface area contributed by atoms with E-state index in [1.165, 1.54) is 11.3 Å². The summed E-state index contributed by atoms with van der Waals surface area (Å²) in [6.45, 7) is 3.88. The van der Waals surface area contributed by atoms with Gasteiger partial charge in [0.05, 0.1) is 11.1 Å². The number of pyridine rings is 2. The van der Waals surface area contributed by atoms with Gasteiger partial charge in [-0.1, -0.05) is 29.8 Å². The standard InChI is InChI=1S/C26H27ClN4O3S/c1-3-31-15-21(25(34)29-13-17-7-9-18(27)10-8-17)24(33)20-12-19(35-26(20)31)14-30(2)16-23(32)22-6-4-5-11-28-22/h4-12,15,23,32H,3,13-14,16H2,1-2H3,(H,29,34). The Morgan fingerprint density at radius 2 is 2.03 bits per heavy atom. The highest BCUT2D eigenvalue weighted by Gasteiger charge is 2.19. The van der Waals surface area contributed by atoms with Gasteiger partial charge in [-0.2, -0.15) is 0 Å². The molecule has 0 saturated carbocycles. The van der Waals surface area contributed by atoms with E-state index in [1.807, 2.05) is 53.8 Å². The predicted octanol–water partition coefficient (Wildman–Crippen LogP) is 4.23. The second-order valence-corrected chi connectivity index (χ2v) is 9.92.